The third-order valence-corrected chi connectivity index (χ3v) is 2.92. The van der Waals surface area contributed by atoms with E-state index in [-0.39, 0.29) is 0 Å². The van der Waals surface area contributed by atoms with Gasteiger partial charge in [-0.2, -0.15) is 0 Å². The average Bonchev–Trinajstić information content (AvgIpc) is 2.46. The van der Waals surface area contributed by atoms with Crippen LogP contribution in [0.15, 0.2) is 42.5 Å². The van der Waals surface area contributed by atoms with Gasteiger partial charge in [-0.3, -0.25) is 0 Å². The molecule has 0 heterocycles. The zero-order valence-electron chi connectivity index (χ0n) is 10.8. The summed E-state index contributed by atoms with van der Waals surface area (Å²) in [6.45, 7) is 0. The van der Waals surface area contributed by atoms with Crippen LogP contribution in [-0.2, 0) is 0 Å². The zero-order valence-corrected chi connectivity index (χ0v) is 10.8. The number of ether oxygens (including phenoxy) is 2. The van der Waals surface area contributed by atoms with Gasteiger partial charge in [-0.25, -0.2) is 4.39 Å². The van der Waals surface area contributed by atoms with Gasteiger partial charge in [0.2, 0.25) is 0 Å². The Kier molecular flexibility index (Phi) is 4.02. The molecule has 0 saturated carbocycles. The number of methoxy groups -OCH3 is 2. The van der Waals surface area contributed by atoms with Crippen molar-refractivity contribution in [1.82, 2.24) is 0 Å². The Balaban J connectivity index is 2.36. The summed E-state index contributed by atoms with van der Waals surface area (Å²) in [4.78, 5) is 0. The third-order valence-electron chi connectivity index (χ3n) is 2.92. The summed E-state index contributed by atoms with van der Waals surface area (Å²) in [5.41, 5.74) is 1.04. The lowest BCUT2D eigenvalue weighted by atomic mass is 10.0. The van der Waals surface area contributed by atoms with Crippen LogP contribution in [0.25, 0.3) is 0 Å². The van der Waals surface area contributed by atoms with Crippen molar-refractivity contribution in [2.45, 2.75) is 6.10 Å². The van der Waals surface area contributed by atoms with Crippen molar-refractivity contribution in [3.05, 3.63) is 59.4 Å². The smallest absolute Gasteiger partial charge is 0.125 e. The molecule has 100 valence electrons. The Labute approximate surface area is 111 Å². The molecule has 0 spiro atoms. The van der Waals surface area contributed by atoms with Crippen molar-refractivity contribution < 1.29 is 19.0 Å². The number of hydrogen-bond acceptors (Lipinski definition) is 3. The maximum absolute atomic E-state index is 13.3. The van der Waals surface area contributed by atoms with E-state index in [1.165, 1.54) is 25.3 Å². The molecule has 0 amide bonds. The molecular weight excluding hydrogens is 247 g/mol. The second-order valence-corrected chi connectivity index (χ2v) is 4.06. The molecule has 2 rings (SSSR count). The van der Waals surface area contributed by atoms with Gasteiger partial charge in [0.15, 0.2) is 0 Å². The molecule has 0 aliphatic heterocycles. The summed E-state index contributed by atoms with van der Waals surface area (Å²) in [5.74, 6) is 0.732. The number of aliphatic hydroxyl groups excluding tert-OH is 1. The van der Waals surface area contributed by atoms with Crippen LogP contribution in [0.2, 0.25) is 0 Å². The van der Waals surface area contributed by atoms with Gasteiger partial charge >= 0.3 is 0 Å². The first-order valence-electron chi connectivity index (χ1n) is 5.81. The van der Waals surface area contributed by atoms with E-state index in [0.29, 0.717) is 22.6 Å². The monoisotopic (exact) mass is 262 g/mol. The van der Waals surface area contributed by atoms with Crippen molar-refractivity contribution in [2.24, 2.45) is 0 Å². The Bertz CT molecular complexity index is 552. The van der Waals surface area contributed by atoms with E-state index >= 15 is 0 Å². The van der Waals surface area contributed by atoms with E-state index < -0.39 is 11.9 Å². The van der Waals surface area contributed by atoms with Crippen LogP contribution in [0.4, 0.5) is 4.39 Å². The SMILES string of the molecule is COc1ccc(C(O)c2cc(F)ccc2OC)cc1. The lowest BCUT2D eigenvalue weighted by Crippen LogP contribution is -2.03. The van der Waals surface area contributed by atoms with E-state index in [9.17, 15) is 9.50 Å². The Morgan fingerprint density at radius 3 is 2.26 bits per heavy atom. The van der Waals surface area contributed by atoms with Gasteiger partial charge in [-0.05, 0) is 35.9 Å². The number of aliphatic hydroxyl groups is 1. The summed E-state index contributed by atoms with van der Waals surface area (Å²) in [5, 5.41) is 10.3. The maximum atomic E-state index is 13.3. The maximum Gasteiger partial charge on any atom is 0.125 e. The lowest BCUT2D eigenvalue weighted by molar-refractivity contribution is 0.214. The molecule has 1 atom stereocenters. The number of rotatable bonds is 4. The van der Waals surface area contributed by atoms with Crippen molar-refractivity contribution in [3.8, 4) is 11.5 Å². The minimum atomic E-state index is -0.948. The number of halogens is 1. The van der Waals surface area contributed by atoms with Gasteiger partial charge in [-0.1, -0.05) is 12.1 Å². The van der Waals surface area contributed by atoms with Gasteiger partial charge in [-0.15, -0.1) is 0 Å². The Morgan fingerprint density at radius 2 is 1.68 bits per heavy atom. The predicted octanol–water partition coefficient (Wildman–Crippen LogP) is 2.92. The van der Waals surface area contributed by atoms with E-state index in [0.717, 1.165) is 0 Å². The van der Waals surface area contributed by atoms with Crippen molar-refractivity contribution in [1.29, 1.82) is 0 Å². The van der Waals surface area contributed by atoms with E-state index in [4.69, 9.17) is 9.47 Å². The normalized spacial score (nSPS) is 12.0. The first-order valence-corrected chi connectivity index (χ1v) is 5.81. The molecule has 0 fully saturated rings. The van der Waals surface area contributed by atoms with Crippen LogP contribution in [0.1, 0.15) is 17.2 Å². The fourth-order valence-electron chi connectivity index (χ4n) is 1.88. The second-order valence-electron chi connectivity index (χ2n) is 4.06. The highest BCUT2D eigenvalue weighted by Crippen LogP contribution is 2.31. The topological polar surface area (TPSA) is 38.7 Å². The molecule has 4 heteroatoms. The average molecular weight is 262 g/mol. The van der Waals surface area contributed by atoms with Crippen LogP contribution in [-0.4, -0.2) is 19.3 Å². The van der Waals surface area contributed by atoms with Crippen LogP contribution in [0.5, 0.6) is 11.5 Å². The highest BCUT2D eigenvalue weighted by atomic mass is 19.1. The summed E-state index contributed by atoms with van der Waals surface area (Å²) < 4.78 is 23.5. The molecule has 2 aromatic carbocycles. The van der Waals surface area contributed by atoms with E-state index in [1.54, 1.807) is 31.4 Å². The summed E-state index contributed by atoms with van der Waals surface area (Å²) in [6.07, 6.45) is -0.948. The molecule has 0 aliphatic rings. The van der Waals surface area contributed by atoms with Crippen molar-refractivity contribution in [2.75, 3.05) is 14.2 Å². The van der Waals surface area contributed by atoms with Gasteiger partial charge < -0.3 is 14.6 Å². The summed E-state index contributed by atoms with van der Waals surface area (Å²) in [6, 6.07) is 11.0. The number of benzene rings is 2. The van der Waals surface area contributed by atoms with Crippen molar-refractivity contribution >= 4 is 0 Å². The van der Waals surface area contributed by atoms with E-state index in [2.05, 4.69) is 0 Å². The van der Waals surface area contributed by atoms with E-state index in [1.807, 2.05) is 0 Å². The lowest BCUT2D eigenvalue weighted by Gasteiger charge is -2.15. The van der Waals surface area contributed by atoms with Crippen molar-refractivity contribution in [3.63, 3.8) is 0 Å². The fraction of sp³-hybridized carbons (Fsp3) is 0.200. The van der Waals surface area contributed by atoms with Crippen LogP contribution >= 0.6 is 0 Å². The first-order chi connectivity index (χ1) is 9.15. The molecule has 0 radical (unpaired) electrons. The van der Waals surface area contributed by atoms with Gasteiger partial charge in [0.1, 0.15) is 23.4 Å². The highest BCUT2D eigenvalue weighted by Gasteiger charge is 2.16. The molecule has 3 nitrogen and oxygen atoms in total. The molecule has 0 saturated heterocycles. The predicted molar refractivity (Wildman–Crippen MR) is 70.0 cm³/mol. The molecule has 0 bridgehead atoms. The Morgan fingerprint density at radius 1 is 1.00 bits per heavy atom. The second kappa shape index (κ2) is 5.71. The molecule has 2 aromatic rings. The molecule has 1 unspecified atom stereocenters. The molecule has 19 heavy (non-hydrogen) atoms. The summed E-state index contributed by atoms with van der Waals surface area (Å²) >= 11 is 0. The molecular formula is C15H15FO3. The van der Waals surface area contributed by atoms with Gasteiger partial charge in [0.25, 0.3) is 0 Å². The van der Waals surface area contributed by atoms with Gasteiger partial charge in [0.05, 0.1) is 14.2 Å². The summed E-state index contributed by atoms with van der Waals surface area (Å²) in [7, 11) is 3.05. The molecule has 0 aromatic heterocycles. The van der Waals surface area contributed by atoms with Crippen LogP contribution in [0.3, 0.4) is 0 Å². The highest BCUT2D eigenvalue weighted by molar-refractivity contribution is 5.41. The molecule has 0 aliphatic carbocycles. The molecule has 1 N–H and O–H groups in total. The van der Waals surface area contributed by atoms with Crippen LogP contribution in [0, 0.1) is 5.82 Å². The third kappa shape index (κ3) is 2.85. The quantitative estimate of drug-likeness (QED) is 0.920. The van der Waals surface area contributed by atoms with Crippen LogP contribution < -0.4 is 9.47 Å². The first kappa shape index (κ1) is 13.4. The zero-order chi connectivity index (χ0) is 13.8. The minimum Gasteiger partial charge on any atom is -0.497 e. The fourth-order valence-corrected chi connectivity index (χ4v) is 1.88. The van der Waals surface area contributed by atoms with Gasteiger partial charge in [0, 0.05) is 5.56 Å². The standard InChI is InChI=1S/C15H15FO3/c1-18-12-6-3-10(4-7-12)15(17)13-9-11(16)5-8-14(13)19-2/h3-9,15,17H,1-2H3. The minimum absolute atomic E-state index is 0.396. The largest absolute Gasteiger partial charge is 0.497 e. The number of hydrogen-bond donors (Lipinski definition) is 1. The Hall–Kier alpha value is -2.07.